The standard InChI is InChI=1S/C22H31NO2/c1-5-25-22(15(2)3)13-19-18-8-6-7-16(4)9-11-20(18)23-14-17(24)10-12-21(19)23/h6-8,11,16-17,24H,5,9-10,12-14H2,1-4H3/b7-6-,18-8-,20-11+/t16?,17-/m0/s1. The fourth-order valence-electron chi connectivity index (χ4n) is 3.89. The molecule has 1 aliphatic heterocycles. The maximum Gasteiger partial charge on any atom is 0.0990 e. The third kappa shape index (κ3) is 3.77. The monoisotopic (exact) mass is 341 g/mol. The van der Waals surface area contributed by atoms with Crippen molar-refractivity contribution in [1.29, 1.82) is 0 Å². The predicted octanol–water partition coefficient (Wildman–Crippen LogP) is 2.83. The van der Waals surface area contributed by atoms with Crippen molar-refractivity contribution >= 4 is 12.2 Å². The highest BCUT2D eigenvalue weighted by molar-refractivity contribution is 5.47. The van der Waals surface area contributed by atoms with Gasteiger partial charge in [0.1, 0.15) is 0 Å². The number of aliphatic hydroxyl groups is 1. The molecule has 0 spiro atoms. The van der Waals surface area contributed by atoms with Crippen LogP contribution in [0.4, 0.5) is 0 Å². The van der Waals surface area contributed by atoms with E-state index in [0.717, 1.165) is 31.4 Å². The van der Waals surface area contributed by atoms with E-state index in [0.29, 0.717) is 19.1 Å². The van der Waals surface area contributed by atoms with Crippen LogP contribution in [0.2, 0.25) is 0 Å². The van der Waals surface area contributed by atoms with Crippen molar-refractivity contribution in [3.63, 3.8) is 0 Å². The first-order valence-corrected chi connectivity index (χ1v) is 9.57. The number of ether oxygens (including phenoxy) is 1. The maximum atomic E-state index is 10.2. The highest BCUT2D eigenvalue weighted by Gasteiger charge is 2.23. The molecule has 0 saturated carbocycles. The SMILES string of the molecule is CCOC(Cc1c2n(c3/c1=C\C=C/C(C)C\C=3)C[C@@H](O)CC2)=C(C)C. The van der Waals surface area contributed by atoms with Gasteiger partial charge in [0, 0.05) is 29.2 Å². The van der Waals surface area contributed by atoms with Crippen LogP contribution in [0.15, 0.2) is 23.5 Å². The molecule has 136 valence electrons. The summed E-state index contributed by atoms with van der Waals surface area (Å²) in [5, 5.41) is 12.8. The lowest BCUT2D eigenvalue weighted by Crippen LogP contribution is -2.35. The zero-order chi connectivity index (χ0) is 18.0. The smallest absolute Gasteiger partial charge is 0.0990 e. The molecular formula is C22H31NO2. The summed E-state index contributed by atoms with van der Waals surface area (Å²) in [6.45, 7) is 9.95. The average Bonchev–Trinajstić information content (AvgIpc) is 2.82. The predicted molar refractivity (Wildman–Crippen MR) is 104 cm³/mol. The first-order chi connectivity index (χ1) is 12.0. The summed E-state index contributed by atoms with van der Waals surface area (Å²) >= 11 is 0. The first-order valence-electron chi connectivity index (χ1n) is 9.57. The second-order valence-electron chi connectivity index (χ2n) is 7.53. The number of fused-ring (bicyclic) bond motifs is 3. The fourth-order valence-corrected chi connectivity index (χ4v) is 3.89. The zero-order valence-electron chi connectivity index (χ0n) is 16.0. The Kier molecular flexibility index (Phi) is 5.53. The zero-order valence-corrected chi connectivity index (χ0v) is 16.0. The summed E-state index contributed by atoms with van der Waals surface area (Å²) < 4.78 is 8.29. The molecule has 0 amide bonds. The number of nitrogens with zero attached hydrogens (tertiary/aromatic N) is 1. The van der Waals surface area contributed by atoms with Crippen molar-refractivity contribution in [1.82, 2.24) is 4.57 Å². The Morgan fingerprint density at radius 3 is 2.88 bits per heavy atom. The number of aromatic nitrogens is 1. The van der Waals surface area contributed by atoms with Gasteiger partial charge >= 0.3 is 0 Å². The van der Waals surface area contributed by atoms with E-state index in [4.69, 9.17) is 4.74 Å². The minimum Gasteiger partial charge on any atom is -0.498 e. The molecule has 0 fully saturated rings. The van der Waals surface area contributed by atoms with Gasteiger partial charge in [0.2, 0.25) is 0 Å². The minimum absolute atomic E-state index is 0.238. The third-order valence-corrected chi connectivity index (χ3v) is 5.27. The Morgan fingerprint density at radius 1 is 1.36 bits per heavy atom. The molecule has 1 unspecified atom stereocenters. The van der Waals surface area contributed by atoms with Crippen molar-refractivity contribution in [2.75, 3.05) is 6.61 Å². The molecule has 0 aromatic carbocycles. The molecule has 2 atom stereocenters. The number of rotatable bonds is 4. The van der Waals surface area contributed by atoms with Gasteiger partial charge < -0.3 is 14.4 Å². The molecule has 1 aromatic heterocycles. The lowest BCUT2D eigenvalue weighted by Gasteiger charge is -2.22. The maximum absolute atomic E-state index is 10.2. The van der Waals surface area contributed by atoms with Crippen LogP contribution in [-0.4, -0.2) is 22.4 Å². The summed E-state index contributed by atoms with van der Waals surface area (Å²) in [4.78, 5) is 0. The van der Waals surface area contributed by atoms with E-state index in [1.54, 1.807) is 0 Å². The second kappa shape index (κ2) is 7.65. The van der Waals surface area contributed by atoms with Gasteiger partial charge in [0.05, 0.1) is 18.5 Å². The Balaban J connectivity index is 2.18. The number of hydrogen-bond acceptors (Lipinski definition) is 2. The topological polar surface area (TPSA) is 34.4 Å². The van der Waals surface area contributed by atoms with Crippen LogP contribution in [0.25, 0.3) is 12.2 Å². The van der Waals surface area contributed by atoms with Crippen molar-refractivity contribution in [3.05, 3.63) is 45.3 Å². The quantitative estimate of drug-likeness (QED) is 0.855. The molecule has 3 heteroatoms. The van der Waals surface area contributed by atoms with E-state index in [2.05, 4.69) is 49.6 Å². The summed E-state index contributed by atoms with van der Waals surface area (Å²) in [5.74, 6) is 1.63. The van der Waals surface area contributed by atoms with Gasteiger partial charge in [-0.2, -0.15) is 0 Å². The lowest BCUT2D eigenvalue weighted by atomic mass is 9.99. The van der Waals surface area contributed by atoms with Crippen molar-refractivity contribution in [3.8, 4) is 0 Å². The first kappa shape index (κ1) is 18.1. The fraction of sp³-hybridized carbons (Fsp3) is 0.545. The van der Waals surface area contributed by atoms with E-state index < -0.39 is 0 Å². The summed E-state index contributed by atoms with van der Waals surface area (Å²) in [5.41, 5.74) is 4.00. The van der Waals surface area contributed by atoms with E-state index in [-0.39, 0.29) is 6.10 Å². The number of allylic oxidation sites excluding steroid dienone is 4. The van der Waals surface area contributed by atoms with Gasteiger partial charge in [-0.1, -0.05) is 31.2 Å². The van der Waals surface area contributed by atoms with Crippen LogP contribution in [0, 0.1) is 5.92 Å². The van der Waals surface area contributed by atoms with Crippen molar-refractivity contribution in [2.45, 2.75) is 66.0 Å². The minimum atomic E-state index is -0.238. The van der Waals surface area contributed by atoms with Gasteiger partial charge in [-0.05, 0) is 57.1 Å². The molecule has 3 nitrogen and oxygen atoms in total. The van der Waals surface area contributed by atoms with E-state index in [9.17, 15) is 5.11 Å². The molecule has 2 heterocycles. The van der Waals surface area contributed by atoms with E-state index in [1.165, 1.54) is 27.4 Å². The highest BCUT2D eigenvalue weighted by Crippen LogP contribution is 2.21. The van der Waals surface area contributed by atoms with Crippen LogP contribution in [-0.2, 0) is 24.1 Å². The van der Waals surface area contributed by atoms with Crippen LogP contribution < -0.4 is 10.6 Å². The molecule has 0 radical (unpaired) electrons. The summed E-state index contributed by atoms with van der Waals surface area (Å²) in [6.07, 6.45) is 12.5. The van der Waals surface area contributed by atoms with Gasteiger partial charge in [-0.25, -0.2) is 0 Å². The largest absolute Gasteiger partial charge is 0.498 e. The van der Waals surface area contributed by atoms with Gasteiger partial charge in [-0.3, -0.25) is 0 Å². The molecule has 25 heavy (non-hydrogen) atoms. The summed E-state index contributed by atoms with van der Waals surface area (Å²) in [7, 11) is 0. The van der Waals surface area contributed by atoms with Crippen LogP contribution in [0.1, 0.15) is 51.8 Å². The molecule has 2 aliphatic rings. The van der Waals surface area contributed by atoms with E-state index in [1.807, 2.05) is 6.92 Å². The Morgan fingerprint density at radius 2 is 2.16 bits per heavy atom. The Bertz CT molecular complexity index is 806. The second-order valence-corrected chi connectivity index (χ2v) is 7.53. The average molecular weight is 341 g/mol. The molecular weight excluding hydrogens is 310 g/mol. The Labute approximate surface area is 151 Å². The number of hydrogen-bond donors (Lipinski definition) is 1. The van der Waals surface area contributed by atoms with Gasteiger partial charge in [0.15, 0.2) is 0 Å². The van der Waals surface area contributed by atoms with Crippen molar-refractivity contribution < 1.29 is 9.84 Å². The molecule has 0 bridgehead atoms. The normalized spacial score (nSPS) is 26.0. The molecule has 3 rings (SSSR count). The van der Waals surface area contributed by atoms with Crippen molar-refractivity contribution in [2.24, 2.45) is 5.92 Å². The molecule has 1 aromatic rings. The highest BCUT2D eigenvalue weighted by atomic mass is 16.5. The third-order valence-electron chi connectivity index (χ3n) is 5.27. The van der Waals surface area contributed by atoms with E-state index >= 15 is 0 Å². The van der Waals surface area contributed by atoms with Gasteiger partial charge in [0.25, 0.3) is 0 Å². The van der Waals surface area contributed by atoms with Crippen LogP contribution in [0.5, 0.6) is 0 Å². The summed E-state index contributed by atoms with van der Waals surface area (Å²) in [6, 6.07) is 0. The molecule has 1 aliphatic carbocycles. The molecule has 0 saturated heterocycles. The molecule has 1 N–H and O–H groups in total. The lowest BCUT2D eigenvalue weighted by molar-refractivity contribution is 0.130. The van der Waals surface area contributed by atoms with Crippen LogP contribution in [0.3, 0.4) is 0 Å². The number of aliphatic hydroxyl groups excluding tert-OH is 1. The Hall–Kier alpha value is -1.74. The van der Waals surface area contributed by atoms with Gasteiger partial charge in [-0.15, -0.1) is 0 Å². The van der Waals surface area contributed by atoms with Crippen LogP contribution >= 0.6 is 0 Å².